The molecular formula is C48H35NO2. The molecule has 0 heterocycles. The smallest absolute Gasteiger partial charge is 0.133 e. The van der Waals surface area contributed by atoms with E-state index in [1.54, 1.807) is 12.1 Å². The highest BCUT2D eigenvalue weighted by Gasteiger charge is 2.23. The lowest BCUT2D eigenvalue weighted by Crippen LogP contribution is -2.13. The van der Waals surface area contributed by atoms with Gasteiger partial charge in [0, 0.05) is 35.0 Å². The summed E-state index contributed by atoms with van der Waals surface area (Å²) in [4.78, 5) is 2.23. The van der Waals surface area contributed by atoms with Crippen LogP contribution in [0.4, 0.5) is 17.1 Å². The highest BCUT2D eigenvalue weighted by molar-refractivity contribution is 5.98. The van der Waals surface area contributed by atoms with E-state index in [1.165, 1.54) is 0 Å². The van der Waals surface area contributed by atoms with Gasteiger partial charge in [-0.3, -0.25) is 0 Å². The first-order valence-electron chi connectivity index (χ1n) is 17.1. The number of ether oxygens (including phenoxy) is 1. The van der Waals surface area contributed by atoms with Gasteiger partial charge in [0.25, 0.3) is 0 Å². The number of rotatable bonds is 9. The van der Waals surface area contributed by atoms with Crippen molar-refractivity contribution < 1.29 is 9.84 Å². The van der Waals surface area contributed by atoms with Crippen LogP contribution in [-0.4, -0.2) is 5.11 Å². The molecule has 0 radical (unpaired) electrons. The van der Waals surface area contributed by atoms with Gasteiger partial charge in [-0.1, -0.05) is 164 Å². The molecular weight excluding hydrogens is 623 g/mol. The van der Waals surface area contributed by atoms with Gasteiger partial charge < -0.3 is 14.7 Å². The maximum absolute atomic E-state index is 11.3. The zero-order valence-electron chi connectivity index (χ0n) is 27.9. The van der Waals surface area contributed by atoms with Gasteiger partial charge in [-0.05, 0) is 57.6 Å². The van der Waals surface area contributed by atoms with E-state index in [0.717, 1.165) is 61.6 Å². The van der Waals surface area contributed by atoms with Crippen LogP contribution in [0, 0.1) is 0 Å². The summed E-state index contributed by atoms with van der Waals surface area (Å²) < 4.78 is 6.43. The zero-order chi connectivity index (χ0) is 34.4. The normalized spacial score (nSPS) is 10.8. The molecule has 244 valence electrons. The summed E-state index contributed by atoms with van der Waals surface area (Å²) in [6.45, 7) is 0. The first kappa shape index (κ1) is 31.4. The molecule has 0 aromatic heterocycles. The summed E-state index contributed by atoms with van der Waals surface area (Å²) in [6.07, 6.45) is 0. The number of hydrogen-bond donors (Lipinski definition) is 1. The molecule has 0 aliphatic carbocycles. The van der Waals surface area contributed by atoms with Crippen molar-refractivity contribution in [3.8, 4) is 61.8 Å². The van der Waals surface area contributed by atoms with Crippen LogP contribution in [0.1, 0.15) is 0 Å². The summed E-state index contributed by atoms with van der Waals surface area (Å²) in [5.41, 5.74) is 11.5. The summed E-state index contributed by atoms with van der Waals surface area (Å²) in [7, 11) is 0. The first-order chi connectivity index (χ1) is 25.2. The van der Waals surface area contributed by atoms with Crippen molar-refractivity contribution >= 4 is 17.1 Å². The van der Waals surface area contributed by atoms with Crippen LogP contribution < -0.4 is 9.64 Å². The van der Waals surface area contributed by atoms with Crippen LogP contribution >= 0.6 is 0 Å². The van der Waals surface area contributed by atoms with Crippen LogP contribution in [0.2, 0.25) is 0 Å². The Morgan fingerprint density at radius 2 is 0.765 bits per heavy atom. The Labute approximate surface area is 298 Å². The minimum absolute atomic E-state index is 0.104. The quantitative estimate of drug-likeness (QED) is 0.168. The summed E-state index contributed by atoms with van der Waals surface area (Å²) in [5, 5.41) is 11.3. The van der Waals surface area contributed by atoms with E-state index < -0.39 is 0 Å². The summed E-state index contributed by atoms with van der Waals surface area (Å²) in [6, 6.07) is 70.1. The zero-order valence-corrected chi connectivity index (χ0v) is 27.9. The Kier molecular flexibility index (Phi) is 8.83. The van der Waals surface area contributed by atoms with Gasteiger partial charge in [0.15, 0.2) is 0 Å². The molecule has 0 atom stereocenters. The predicted molar refractivity (Wildman–Crippen MR) is 211 cm³/mol. The number of phenolic OH excluding ortho intramolecular Hbond substituents is 1. The maximum Gasteiger partial charge on any atom is 0.133 e. The summed E-state index contributed by atoms with van der Waals surface area (Å²) in [5.74, 6) is 1.31. The Morgan fingerprint density at radius 1 is 0.333 bits per heavy atom. The molecule has 51 heavy (non-hydrogen) atoms. The van der Waals surface area contributed by atoms with E-state index in [2.05, 4.69) is 144 Å². The van der Waals surface area contributed by atoms with Crippen LogP contribution in [-0.2, 0) is 0 Å². The lowest BCUT2D eigenvalue weighted by molar-refractivity contribution is 0.455. The molecule has 1 N–H and O–H groups in total. The van der Waals surface area contributed by atoms with Gasteiger partial charge in [-0.25, -0.2) is 0 Å². The Bertz CT molecular complexity index is 2300. The van der Waals surface area contributed by atoms with E-state index in [9.17, 15) is 5.11 Å². The third-order valence-electron chi connectivity index (χ3n) is 8.99. The Balaban J connectivity index is 1.28. The van der Waals surface area contributed by atoms with Gasteiger partial charge in [0.05, 0.1) is 11.4 Å². The van der Waals surface area contributed by atoms with E-state index >= 15 is 0 Å². The number of phenols is 1. The van der Waals surface area contributed by atoms with Gasteiger partial charge >= 0.3 is 0 Å². The van der Waals surface area contributed by atoms with Crippen molar-refractivity contribution in [2.75, 3.05) is 4.90 Å². The Morgan fingerprint density at radius 3 is 1.25 bits per heavy atom. The van der Waals surface area contributed by atoms with Gasteiger partial charge in [0.1, 0.15) is 17.2 Å². The lowest BCUT2D eigenvalue weighted by atomic mass is 9.94. The maximum atomic E-state index is 11.3. The van der Waals surface area contributed by atoms with E-state index in [4.69, 9.17) is 4.74 Å². The number of anilines is 3. The lowest BCUT2D eigenvalue weighted by Gasteiger charge is -2.31. The molecule has 0 saturated heterocycles. The highest BCUT2D eigenvalue weighted by atomic mass is 16.5. The molecule has 3 heteroatoms. The number of hydrogen-bond acceptors (Lipinski definition) is 3. The van der Waals surface area contributed by atoms with E-state index in [-0.39, 0.29) is 5.75 Å². The average molecular weight is 658 g/mol. The minimum atomic E-state index is 0.104. The molecule has 0 amide bonds. The fourth-order valence-electron chi connectivity index (χ4n) is 6.56. The van der Waals surface area contributed by atoms with E-state index in [0.29, 0.717) is 11.5 Å². The molecule has 0 aliphatic rings. The fourth-order valence-corrected chi connectivity index (χ4v) is 6.56. The van der Waals surface area contributed by atoms with Crippen LogP contribution in [0.3, 0.4) is 0 Å². The van der Waals surface area contributed by atoms with Crippen molar-refractivity contribution in [2.24, 2.45) is 0 Å². The average Bonchev–Trinajstić information content (AvgIpc) is 3.20. The Hall–Kier alpha value is -6.84. The molecule has 0 bridgehead atoms. The molecule has 8 rings (SSSR count). The fraction of sp³-hybridized carbons (Fsp3) is 0. The minimum Gasteiger partial charge on any atom is -0.508 e. The second-order valence-electron chi connectivity index (χ2n) is 12.4. The molecule has 0 fully saturated rings. The molecule has 0 aliphatic heterocycles. The van der Waals surface area contributed by atoms with Gasteiger partial charge in [0.2, 0.25) is 0 Å². The van der Waals surface area contributed by atoms with Crippen molar-refractivity contribution in [3.63, 3.8) is 0 Å². The molecule has 0 spiro atoms. The molecule has 3 nitrogen and oxygen atoms in total. The van der Waals surface area contributed by atoms with Crippen LogP contribution in [0.5, 0.6) is 17.2 Å². The number of aromatic hydroxyl groups is 1. The molecule has 8 aromatic carbocycles. The number of para-hydroxylation sites is 1. The van der Waals surface area contributed by atoms with Gasteiger partial charge in [-0.2, -0.15) is 0 Å². The molecule has 0 unspecified atom stereocenters. The largest absolute Gasteiger partial charge is 0.508 e. The number of benzene rings is 8. The number of nitrogens with zero attached hydrogens (tertiary/aromatic N) is 1. The highest BCUT2D eigenvalue weighted by Crippen LogP contribution is 2.48. The third-order valence-corrected chi connectivity index (χ3v) is 8.99. The predicted octanol–water partition coefficient (Wildman–Crippen LogP) is 13.3. The van der Waals surface area contributed by atoms with Crippen molar-refractivity contribution in [1.29, 1.82) is 0 Å². The standard InChI is InChI=1S/C48H35NO2/c50-43-32-42(33-45(34-43)51-44-30-26-38(27-31-44)36-16-7-2-8-17-36)49(41-28-24-37(25-29-41)35-14-5-1-6-15-35)48-46(39-18-9-3-10-19-39)22-13-23-47(48)40-20-11-4-12-21-40/h1-34,50H. The third kappa shape index (κ3) is 6.87. The summed E-state index contributed by atoms with van der Waals surface area (Å²) >= 11 is 0. The first-order valence-corrected chi connectivity index (χ1v) is 17.1. The second kappa shape index (κ2) is 14.3. The van der Waals surface area contributed by atoms with Crippen molar-refractivity contribution in [3.05, 3.63) is 206 Å². The SMILES string of the molecule is Oc1cc(Oc2ccc(-c3ccccc3)cc2)cc(N(c2ccc(-c3ccccc3)cc2)c2c(-c3ccccc3)cccc2-c2ccccc2)c1. The van der Waals surface area contributed by atoms with E-state index in [1.807, 2.05) is 54.6 Å². The van der Waals surface area contributed by atoms with Crippen molar-refractivity contribution in [2.45, 2.75) is 0 Å². The molecule has 0 saturated carbocycles. The monoisotopic (exact) mass is 657 g/mol. The van der Waals surface area contributed by atoms with Crippen molar-refractivity contribution in [1.82, 2.24) is 0 Å². The van der Waals surface area contributed by atoms with Crippen LogP contribution in [0.15, 0.2) is 206 Å². The second-order valence-corrected chi connectivity index (χ2v) is 12.4. The molecule has 8 aromatic rings. The van der Waals surface area contributed by atoms with Gasteiger partial charge in [-0.15, -0.1) is 0 Å². The topological polar surface area (TPSA) is 32.7 Å². The van der Waals surface area contributed by atoms with Crippen LogP contribution in [0.25, 0.3) is 44.5 Å².